The highest BCUT2D eigenvalue weighted by atomic mass is 16.5. The van der Waals surface area contributed by atoms with Gasteiger partial charge in [-0.15, -0.1) is 0 Å². The highest BCUT2D eigenvalue weighted by Gasteiger charge is 2.02. The van der Waals surface area contributed by atoms with Crippen molar-refractivity contribution in [3.8, 4) is 11.8 Å². The predicted molar refractivity (Wildman–Crippen MR) is 63.3 cm³/mol. The summed E-state index contributed by atoms with van der Waals surface area (Å²) in [4.78, 5) is 15.2. The second-order valence-corrected chi connectivity index (χ2v) is 3.19. The zero-order valence-corrected chi connectivity index (χ0v) is 9.56. The third kappa shape index (κ3) is 5.11. The number of rotatable bonds is 4. The van der Waals surface area contributed by atoms with Crippen molar-refractivity contribution in [2.75, 3.05) is 25.6 Å². The lowest BCUT2D eigenvalue weighted by Gasteiger charge is -2.03. The van der Waals surface area contributed by atoms with Gasteiger partial charge in [0.25, 0.3) is 5.91 Å². The summed E-state index contributed by atoms with van der Waals surface area (Å²) in [5.74, 6) is 5.82. The number of carbonyl (C=O) groups is 1. The van der Waals surface area contributed by atoms with E-state index in [1.807, 2.05) is 0 Å². The topological polar surface area (TPSA) is 71.5 Å². The number of ether oxygens (including phenoxy) is 1. The molecule has 0 saturated carbocycles. The van der Waals surface area contributed by atoms with Gasteiger partial charge in [0.1, 0.15) is 12.4 Å². The molecule has 0 bridgehead atoms. The Kier molecular flexibility index (Phi) is 5.72. The predicted octanol–water partition coefficient (Wildman–Crippen LogP) is 0.400. The second-order valence-electron chi connectivity index (χ2n) is 3.19. The first-order valence-corrected chi connectivity index (χ1v) is 5.11. The number of nitrogens with zero attached hydrogens (tertiary/aromatic N) is 1. The normalized spacial score (nSPS) is 9.29. The van der Waals surface area contributed by atoms with Crippen molar-refractivity contribution in [1.29, 1.82) is 0 Å². The van der Waals surface area contributed by atoms with E-state index in [-0.39, 0.29) is 19.1 Å². The molecule has 0 fully saturated rings. The Bertz CT molecular complexity index is 435. The SMILES string of the molecule is COCC(=O)Nc1cc(C#CCCO)ccn1. The number of anilines is 1. The largest absolute Gasteiger partial charge is 0.395 e. The summed E-state index contributed by atoms with van der Waals surface area (Å²) in [5.41, 5.74) is 0.737. The third-order valence-corrected chi connectivity index (χ3v) is 1.77. The number of carbonyl (C=O) groups excluding carboxylic acids is 1. The van der Waals surface area contributed by atoms with Gasteiger partial charge >= 0.3 is 0 Å². The molecule has 90 valence electrons. The Hall–Kier alpha value is -1.90. The van der Waals surface area contributed by atoms with Crippen LogP contribution < -0.4 is 5.32 Å². The summed E-state index contributed by atoms with van der Waals surface area (Å²) < 4.78 is 4.69. The quantitative estimate of drug-likeness (QED) is 0.740. The maximum absolute atomic E-state index is 11.2. The van der Waals surface area contributed by atoms with Crippen LogP contribution in [-0.4, -0.2) is 36.3 Å². The van der Waals surface area contributed by atoms with Crippen molar-refractivity contribution in [3.63, 3.8) is 0 Å². The van der Waals surface area contributed by atoms with Crippen LogP contribution in [0.5, 0.6) is 0 Å². The number of aromatic nitrogens is 1. The van der Waals surface area contributed by atoms with E-state index in [1.54, 1.807) is 18.3 Å². The molecular formula is C12H14N2O3. The van der Waals surface area contributed by atoms with Gasteiger partial charge in [-0.2, -0.15) is 0 Å². The van der Waals surface area contributed by atoms with Crippen LogP contribution in [0.3, 0.4) is 0 Å². The minimum absolute atomic E-state index is 0.0118. The fourth-order valence-electron chi connectivity index (χ4n) is 1.11. The number of aliphatic hydroxyl groups excluding tert-OH is 1. The first-order valence-electron chi connectivity index (χ1n) is 5.11. The van der Waals surface area contributed by atoms with Crippen molar-refractivity contribution in [3.05, 3.63) is 23.9 Å². The van der Waals surface area contributed by atoms with Gasteiger partial charge in [0.05, 0.1) is 6.61 Å². The van der Waals surface area contributed by atoms with Crippen LogP contribution in [0.25, 0.3) is 0 Å². The summed E-state index contributed by atoms with van der Waals surface area (Å²) >= 11 is 0. The van der Waals surface area contributed by atoms with E-state index in [9.17, 15) is 4.79 Å². The van der Waals surface area contributed by atoms with E-state index >= 15 is 0 Å². The molecule has 0 unspecified atom stereocenters. The summed E-state index contributed by atoms with van der Waals surface area (Å²) in [6.45, 7) is 0.0254. The molecule has 1 aromatic heterocycles. The fourth-order valence-corrected chi connectivity index (χ4v) is 1.11. The summed E-state index contributed by atoms with van der Waals surface area (Å²) in [6, 6.07) is 3.40. The van der Waals surface area contributed by atoms with Gasteiger partial charge in [0.2, 0.25) is 0 Å². The lowest BCUT2D eigenvalue weighted by Crippen LogP contribution is -2.17. The summed E-state index contributed by atoms with van der Waals surface area (Å²) in [5, 5.41) is 11.2. The molecule has 0 aliphatic rings. The highest BCUT2D eigenvalue weighted by Crippen LogP contribution is 2.05. The zero-order valence-electron chi connectivity index (χ0n) is 9.56. The van der Waals surface area contributed by atoms with Crippen LogP contribution in [0.15, 0.2) is 18.3 Å². The minimum Gasteiger partial charge on any atom is -0.395 e. The number of hydrogen-bond donors (Lipinski definition) is 2. The number of methoxy groups -OCH3 is 1. The molecule has 1 amide bonds. The van der Waals surface area contributed by atoms with Crippen molar-refractivity contribution < 1.29 is 14.6 Å². The summed E-state index contributed by atoms with van der Waals surface area (Å²) in [7, 11) is 1.45. The zero-order chi connectivity index (χ0) is 12.5. The smallest absolute Gasteiger partial charge is 0.251 e. The van der Waals surface area contributed by atoms with Crippen molar-refractivity contribution in [2.24, 2.45) is 0 Å². The molecule has 0 saturated heterocycles. The van der Waals surface area contributed by atoms with Crippen molar-refractivity contribution in [1.82, 2.24) is 4.98 Å². The van der Waals surface area contributed by atoms with E-state index in [0.29, 0.717) is 12.2 Å². The average Bonchev–Trinajstić information content (AvgIpc) is 2.30. The number of hydrogen-bond acceptors (Lipinski definition) is 4. The molecule has 0 atom stereocenters. The molecule has 0 radical (unpaired) electrons. The molecule has 0 aliphatic carbocycles. The van der Waals surface area contributed by atoms with E-state index in [4.69, 9.17) is 5.11 Å². The Morgan fingerprint density at radius 3 is 3.18 bits per heavy atom. The maximum Gasteiger partial charge on any atom is 0.251 e. The highest BCUT2D eigenvalue weighted by molar-refractivity contribution is 5.90. The van der Waals surface area contributed by atoms with Crippen LogP contribution >= 0.6 is 0 Å². The molecule has 0 aliphatic heterocycles. The molecule has 1 rings (SSSR count). The Morgan fingerprint density at radius 1 is 1.65 bits per heavy atom. The van der Waals surface area contributed by atoms with Crippen molar-refractivity contribution >= 4 is 11.7 Å². The lowest BCUT2D eigenvalue weighted by molar-refractivity contribution is -0.119. The van der Waals surface area contributed by atoms with E-state index < -0.39 is 0 Å². The van der Waals surface area contributed by atoms with Gasteiger partial charge in [0, 0.05) is 25.3 Å². The molecule has 0 spiro atoms. The van der Waals surface area contributed by atoms with Gasteiger partial charge < -0.3 is 15.2 Å². The maximum atomic E-state index is 11.2. The number of nitrogens with one attached hydrogen (secondary N) is 1. The molecule has 5 heteroatoms. The van der Waals surface area contributed by atoms with Crippen LogP contribution in [0.4, 0.5) is 5.82 Å². The Labute approximate surface area is 99.8 Å². The molecule has 0 aromatic carbocycles. The fraction of sp³-hybridized carbons (Fsp3) is 0.333. The first kappa shape index (κ1) is 13.2. The molecule has 5 nitrogen and oxygen atoms in total. The molecule has 2 N–H and O–H groups in total. The number of pyridine rings is 1. The standard InChI is InChI=1S/C12H14N2O3/c1-17-9-12(16)14-11-8-10(5-6-13-11)4-2-3-7-15/h5-6,8,15H,3,7,9H2,1H3,(H,13,14,16). The first-order chi connectivity index (χ1) is 8.26. The molecule has 1 heterocycles. The Morgan fingerprint density at radius 2 is 2.47 bits per heavy atom. The van der Waals surface area contributed by atoms with E-state index in [1.165, 1.54) is 7.11 Å². The molecule has 17 heavy (non-hydrogen) atoms. The third-order valence-electron chi connectivity index (χ3n) is 1.77. The van der Waals surface area contributed by atoms with Gasteiger partial charge in [-0.3, -0.25) is 4.79 Å². The number of amides is 1. The van der Waals surface area contributed by atoms with Crippen LogP contribution in [0, 0.1) is 11.8 Å². The van der Waals surface area contributed by atoms with Gasteiger partial charge in [0.15, 0.2) is 0 Å². The molecular weight excluding hydrogens is 220 g/mol. The van der Waals surface area contributed by atoms with Crippen LogP contribution in [0.2, 0.25) is 0 Å². The van der Waals surface area contributed by atoms with Crippen LogP contribution in [-0.2, 0) is 9.53 Å². The monoisotopic (exact) mass is 234 g/mol. The van der Waals surface area contributed by atoms with E-state index in [0.717, 1.165) is 5.56 Å². The lowest BCUT2D eigenvalue weighted by atomic mass is 10.2. The number of aliphatic hydroxyl groups is 1. The second kappa shape index (κ2) is 7.39. The van der Waals surface area contributed by atoms with Gasteiger partial charge in [-0.05, 0) is 12.1 Å². The van der Waals surface area contributed by atoms with Crippen molar-refractivity contribution in [2.45, 2.75) is 6.42 Å². The van der Waals surface area contributed by atoms with Gasteiger partial charge in [-0.25, -0.2) is 4.98 Å². The van der Waals surface area contributed by atoms with E-state index in [2.05, 4.69) is 26.9 Å². The van der Waals surface area contributed by atoms with Crippen LogP contribution in [0.1, 0.15) is 12.0 Å². The average molecular weight is 234 g/mol. The Balaban J connectivity index is 2.66. The minimum atomic E-state index is -0.263. The summed E-state index contributed by atoms with van der Waals surface area (Å²) in [6.07, 6.45) is 1.99. The van der Waals surface area contributed by atoms with Gasteiger partial charge in [-0.1, -0.05) is 11.8 Å². The molecule has 1 aromatic rings.